The fraction of sp³-hybridized carbons (Fsp3) is 0.100. The predicted octanol–water partition coefficient (Wildman–Crippen LogP) is 1.22. The normalized spacial score (nSPS) is 12.9. The number of hydrogen-bond donors (Lipinski definition) is 2. The fourth-order valence-corrected chi connectivity index (χ4v) is 1.44. The van der Waals surface area contributed by atoms with Gasteiger partial charge in [0.1, 0.15) is 0 Å². The molecule has 2 rings (SSSR count). The number of hydrogen-bond acceptors (Lipinski definition) is 2. The zero-order valence-corrected chi connectivity index (χ0v) is 7.29. The van der Waals surface area contributed by atoms with Crippen LogP contribution in [0, 0.1) is 0 Å². The average Bonchev–Trinajstić information content (AvgIpc) is 2.60. The van der Waals surface area contributed by atoms with Gasteiger partial charge in [-0.3, -0.25) is 0 Å². The second kappa shape index (κ2) is 3.16. The van der Waals surface area contributed by atoms with Crippen LogP contribution in [0.5, 0.6) is 0 Å². The van der Waals surface area contributed by atoms with Crippen molar-refractivity contribution in [1.82, 2.24) is 4.57 Å². The third-order valence-corrected chi connectivity index (χ3v) is 2.11. The molecule has 1 aromatic heterocycles. The van der Waals surface area contributed by atoms with Gasteiger partial charge in [-0.15, -0.1) is 0 Å². The van der Waals surface area contributed by atoms with Gasteiger partial charge >= 0.3 is 5.97 Å². The van der Waals surface area contributed by atoms with E-state index < -0.39 is 12.2 Å². The number of para-hydroxylation sites is 1. The second-order valence-electron chi connectivity index (χ2n) is 2.99. The minimum absolute atomic E-state index is 0.711. The maximum Gasteiger partial charge on any atom is 0.354 e. The molecule has 0 spiro atoms. The van der Waals surface area contributed by atoms with E-state index in [1.54, 1.807) is 24.4 Å². The number of aromatic nitrogens is 1. The molecule has 1 aromatic carbocycles. The number of benzene rings is 1. The van der Waals surface area contributed by atoms with Crippen LogP contribution < -0.4 is 0 Å². The molecule has 2 aromatic rings. The molecule has 4 heteroatoms. The van der Waals surface area contributed by atoms with Crippen LogP contribution in [0.3, 0.4) is 0 Å². The van der Waals surface area contributed by atoms with Crippen LogP contribution in [0.1, 0.15) is 6.23 Å². The highest BCUT2D eigenvalue weighted by Crippen LogP contribution is 2.18. The number of aliphatic hydroxyl groups excluding tert-OH is 1. The monoisotopic (exact) mass is 191 g/mol. The number of carboxylic acid groups (broad SMARTS) is 1. The second-order valence-corrected chi connectivity index (χ2v) is 2.99. The van der Waals surface area contributed by atoms with Crippen LogP contribution in [0.15, 0.2) is 36.5 Å². The zero-order chi connectivity index (χ0) is 10.1. The van der Waals surface area contributed by atoms with E-state index in [4.69, 9.17) is 5.11 Å². The summed E-state index contributed by atoms with van der Waals surface area (Å²) in [6.07, 6.45) is 0.0404. The van der Waals surface area contributed by atoms with Crippen molar-refractivity contribution in [3.63, 3.8) is 0 Å². The topological polar surface area (TPSA) is 62.5 Å². The van der Waals surface area contributed by atoms with Gasteiger partial charge in [-0.25, -0.2) is 4.79 Å². The van der Waals surface area contributed by atoms with E-state index >= 15 is 0 Å². The number of rotatable bonds is 2. The van der Waals surface area contributed by atoms with Gasteiger partial charge in [0, 0.05) is 6.20 Å². The van der Waals surface area contributed by atoms with Crippen molar-refractivity contribution >= 4 is 16.9 Å². The Balaban J connectivity index is 2.58. The summed E-state index contributed by atoms with van der Waals surface area (Å²) >= 11 is 0. The molecule has 4 nitrogen and oxygen atoms in total. The van der Waals surface area contributed by atoms with Crippen molar-refractivity contribution in [1.29, 1.82) is 0 Å². The van der Waals surface area contributed by atoms with E-state index in [0.717, 1.165) is 5.39 Å². The third kappa shape index (κ3) is 1.25. The van der Waals surface area contributed by atoms with Crippen LogP contribution in [-0.4, -0.2) is 20.7 Å². The van der Waals surface area contributed by atoms with Crippen LogP contribution in [0.4, 0.5) is 0 Å². The SMILES string of the molecule is O=C(O)[C@H](O)n1ccc2ccccc21. The number of fused-ring (bicyclic) bond motifs is 1. The molecule has 2 N–H and O–H groups in total. The molecule has 0 saturated carbocycles. The Morgan fingerprint density at radius 3 is 2.71 bits per heavy atom. The highest BCUT2D eigenvalue weighted by atomic mass is 16.4. The van der Waals surface area contributed by atoms with E-state index in [0.29, 0.717) is 5.52 Å². The molecule has 0 radical (unpaired) electrons. The quantitative estimate of drug-likeness (QED) is 0.750. The molecule has 0 aliphatic carbocycles. The Hall–Kier alpha value is -1.81. The molecule has 0 fully saturated rings. The smallest absolute Gasteiger partial charge is 0.354 e. The number of nitrogens with zero attached hydrogens (tertiary/aromatic N) is 1. The van der Waals surface area contributed by atoms with E-state index in [-0.39, 0.29) is 0 Å². The van der Waals surface area contributed by atoms with Gasteiger partial charge in [0.2, 0.25) is 6.23 Å². The molecule has 0 aliphatic heterocycles. The first kappa shape index (κ1) is 8.77. The molecule has 0 unspecified atom stereocenters. The maximum atomic E-state index is 10.6. The Labute approximate surface area is 80.0 Å². The van der Waals surface area contributed by atoms with Crippen molar-refractivity contribution in [3.05, 3.63) is 36.5 Å². The summed E-state index contributed by atoms with van der Waals surface area (Å²) in [4.78, 5) is 10.6. The Morgan fingerprint density at radius 2 is 2.00 bits per heavy atom. The molecular formula is C10H9NO3. The molecule has 1 heterocycles. The van der Waals surface area contributed by atoms with Gasteiger partial charge in [-0.1, -0.05) is 18.2 Å². The maximum absolute atomic E-state index is 10.6. The summed E-state index contributed by atoms with van der Waals surface area (Å²) in [6, 6.07) is 9.05. The highest BCUT2D eigenvalue weighted by Gasteiger charge is 2.16. The predicted molar refractivity (Wildman–Crippen MR) is 50.8 cm³/mol. The Bertz CT molecular complexity index is 475. The van der Waals surface area contributed by atoms with Gasteiger partial charge in [-0.05, 0) is 17.5 Å². The van der Waals surface area contributed by atoms with Crippen molar-refractivity contribution in [2.45, 2.75) is 6.23 Å². The standard InChI is InChI=1S/C10H9NO3/c12-9(10(13)14)11-6-5-7-3-1-2-4-8(7)11/h1-6,9,12H,(H,13,14)/t9-/m0/s1. The zero-order valence-electron chi connectivity index (χ0n) is 7.29. The first-order valence-corrected chi connectivity index (χ1v) is 4.16. The van der Waals surface area contributed by atoms with Crippen molar-refractivity contribution < 1.29 is 15.0 Å². The Kier molecular flexibility index (Phi) is 1.98. The van der Waals surface area contributed by atoms with Gasteiger partial charge in [0.05, 0.1) is 5.52 Å². The largest absolute Gasteiger partial charge is 0.478 e. The van der Waals surface area contributed by atoms with E-state index in [1.165, 1.54) is 4.57 Å². The molecular weight excluding hydrogens is 182 g/mol. The molecule has 1 atom stereocenters. The molecule has 0 aliphatic rings. The van der Waals surface area contributed by atoms with Crippen LogP contribution in [-0.2, 0) is 4.79 Å². The summed E-state index contributed by atoms with van der Waals surface area (Å²) < 4.78 is 1.32. The highest BCUT2D eigenvalue weighted by molar-refractivity contribution is 5.82. The van der Waals surface area contributed by atoms with E-state index in [1.807, 2.05) is 12.1 Å². The lowest BCUT2D eigenvalue weighted by molar-refractivity contribution is -0.151. The average molecular weight is 191 g/mol. The number of carboxylic acids is 1. The van der Waals surface area contributed by atoms with Crippen molar-refractivity contribution in [3.8, 4) is 0 Å². The summed E-state index contributed by atoms with van der Waals surface area (Å²) in [5.74, 6) is -1.26. The lowest BCUT2D eigenvalue weighted by Crippen LogP contribution is -2.17. The first-order valence-electron chi connectivity index (χ1n) is 4.16. The van der Waals surface area contributed by atoms with Crippen LogP contribution in [0.2, 0.25) is 0 Å². The van der Waals surface area contributed by atoms with Crippen LogP contribution in [0.25, 0.3) is 10.9 Å². The molecule has 72 valence electrons. The summed E-state index contributed by atoms with van der Waals surface area (Å²) in [5, 5.41) is 18.9. The van der Waals surface area contributed by atoms with E-state index in [2.05, 4.69) is 0 Å². The summed E-state index contributed by atoms with van der Waals surface area (Å²) in [6.45, 7) is 0. The van der Waals surface area contributed by atoms with Gasteiger partial charge in [0.15, 0.2) is 0 Å². The van der Waals surface area contributed by atoms with Gasteiger partial charge in [-0.2, -0.15) is 0 Å². The van der Waals surface area contributed by atoms with Gasteiger partial charge < -0.3 is 14.8 Å². The molecule has 0 bridgehead atoms. The lowest BCUT2D eigenvalue weighted by Gasteiger charge is -2.08. The molecule has 0 saturated heterocycles. The minimum atomic E-state index is -1.52. The number of carbonyl (C=O) groups is 1. The van der Waals surface area contributed by atoms with E-state index in [9.17, 15) is 9.90 Å². The fourth-order valence-electron chi connectivity index (χ4n) is 1.44. The number of aliphatic carboxylic acids is 1. The van der Waals surface area contributed by atoms with Gasteiger partial charge in [0.25, 0.3) is 0 Å². The lowest BCUT2D eigenvalue weighted by atomic mass is 10.2. The first-order chi connectivity index (χ1) is 6.70. The van der Waals surface area contributed by atoms with Crippen molar-refractivity contribution in [2.24, 2.45) is 0 Å². The van der Waals surface area contributed by atoms with Crippen molar-refractivity contribution in [2.75, 3.05) is 0 Å². The summed E-state index contributed by atoms with van der Waals surface area (Å²) in [7, 11) is 0. The van der Waals surface area contributed by atoms with Crippen LogP contribution >= 0.6 is 0 Å². The Morgan fingerprint density at radius 1 is 1.29 bits per heavy atom. The third-order valence-electron chi connectivity index (χ3n) is 2.11. The summed E-state index contributed by atoms with van der Waals surface area (Å²) in [5.41, 5.74) is 0.711. The molecule has 0 amide bonds. The number of aliphatic hydroxyl groups is 1. The molecule has 14 heavy (non-hydrogen) atoms. The minimum Gasteiger partial charge on any atom is -0.478 e.